The van der Waals surface area contributed by atoms with Crippen molar-refractivity contribution in [3.63, 3.8) is 0 Å². The summed E-state index contributed by atoms with van der Waals surface area (Å²) < 4.78 is 5.66. The molecular weight excluding hydrogens is 272 g/mol. The molecule has 1 unspecified atom stereocenters. The predicted octanol–water partition coefficient (Wildman–Crippen LogP) is -1.01. The minimum absolute atomic E-state index is 0. The monoisotopic (exact) mass is 286 g/mol. The third-order valence-electron chi connectivity index (χ3n) is 2.75. The van der Waals surface area contributed by atoms with Crippen LogP contribution in [-0.4, -0.2) is 54.7 Å². The lowest BCUT2D eigenvalue weighted by molar-refractivity contribution is -0.0262. The minimum atomic E-state index is -0.310. The van der Waals surface area contributed by atoms with E-state index in [9.17, 15) is 4.79 Å². The summed E-state index contributed by atoms with van der Waals surface area (Å²) in [7, 11) is 0. The van der Waals surface area contributed by atoms with Crippen molar-refractivity contribution in [3.05, 3.63) is 22.5 Å². The summed E-state index contributed by atoms with van der Waals surface area (Å²) in [5.74, 6) is 1.92. The van der Waals surface area contributed by atoms with Gasteiger partial charge >= 0.3 is 0 Å². The molecule has 0 aliphatic carbocycles. The van der Waals surface area contributed by atoms with Crippen molar-refractivity contribution < 1.29 is 15.3 Å². The standard InChI is InChI=1S/C10H12N4O3S.H2O/c15-1-5-2-18-3-6(17-5)8-13-9-7(10(16)14-8)11-4-12-9;/h4-6,15H,1-3H2,(H2,11,12,13,14,16);1H2/t5-,6?;/m1./s1. The van der Waals surface area contributed by atoms with E-state index >= 15 is 0 Å². The molecule has 1 aliphatic heterocycles. The van der Waals surface area contributed by atoms with Crippen molar-refractivity contribution in [2.24, 2.45) is 0 Å². The topological polar surface area (TPSA) is 135 Å². The van der Waals surface area contributed by atoms with Gasteiger partial charge in [-0.15, -0.1) is 0 Å². The van der Waals surface area contributed by atoms with Crippen LogP contribution in [0.3, 0.4) is 0 Å². The second-order valence-corrected chi connectivity index (χ2v) is 5.09. The normalized spacial score (nSPS) is 23.2. The van der Waals surface area contributed by atoms with Crippen molar-refractivity contribution in [2.45, 2.75) is 12.2 Å². The molecule has 9 heteroatoms. The Bertz CT molecular complexity index is 613. The van der Waals surface area contributed by atoms with Crippen LogP contribution in [0.4, 0.5) is 0 Å². The van der Waals surface area contributed by atoms with Crippen molar-refractivity contribution in [1.82, 2.24) is 19.9 Å². The molecule has 19 heavy (non-hydrogen) atoms. The summed E-state index contributed by atoms with van der Waals surface area (Å²) in [5, 5.41) is 9.10. The molecule has 0 spiro atoms. The fourth-order valence-corrected chi connectivity index (χ4v) is 2.90. The number of thioether (sulfide) groups is 1. The highest BCUT2D eigenvalue weighted by atomic mass is 32.2. The van der Waals surface area contributed by atoms with Crippen LogP contribution < -0.4 is 5.56 Å². The molecule has 0 amide bonds. The fourth-order valence-electron chi connectivity index (χ4n) is 1.87. The van der Waals surface area contributed by atoms with Crippen molar-refractivity contribution in [1.29, 1.82) is 0 Å². The van der Waals surface area contributed by atoms with E-state index < -0.39 is 0 Å². The molecule has 3 rings (SSSR count). The smallest absolute Gasteiger partial charge is 0.277 e. The van der Waals surface area contributed by atoms with E-state index in [2.05, 4.69) is 19.9 Å². The third kappa shape index (κ3) is 2.63. The molecule has 2 atom stereocenters. The zero-order valence-corrected chi connectivity index (χ0v) is 10.7. The van der Waals surface area contributed by atoms with Gasteiger partial charge in [0.05, 0.1) is 19.0 Å². The predicted molar refractivity (Wildman–Crippen MR) is 70.1 cm³/mol. The molecule has 5 N–H and O–H groups in total. The number of aromatic nitrogens is 4. The van der Waals surface area contributed by atoms with Crippen LogP contribution in [0.25, 0.3) is 11.2 Å². The first-order valence-corrected chi connectivity index (χ1v) is 6.70. The van der Waals surface area contributed by atoms with E-state index in [1.165, 1.54) is 6.33 Å². The number of aliphatic hydroxyl groups is 1. The first kappa shape index (κ1) is 14.0. The summed E-state index contributed by atoms with van der Waals surface area (Å²) in [6.45, 7) is -0.0294. The highest BCUT2D eigenvalue weighted by molar-refractivity contribution is 7.99. The molecule has 8 nitrogen and oxygen atoms in total. The van der Waals surface area contributed by atoms with Gasteiger partial charge in [0.1, 0.15) is 11.9 Å². The van der Waals surface area contributed by atoms with Gasteiger partial charge in [0.25, 0.3) is 5.56 Å². The highest BCUT2D eigenvalue weighted by Crippen LogP contribution is 2.27. The maximum absolute atomic E-state index is 11.8. The second kappa shape index (κ2) is 5.70. The number of rotatable bonds is 2. The number of fused-ring (bicyclic) bond motifs is 1. The Morgan fingerprint density at radius 1 is 1.53 bits per heavy atom. The maximum Gasteiger partial charge on any atom is 0.277 e. The average Bonchev–Trinajstić information content (AvgIpc) is 2.87. The Morgan fingerprint density at radius 3 is 3.16 bits per heavy atom. The van der Waals surface area contributed by atoms with Crippen LogP contribution in [0.5, 0.6) is 0 Å². The number of imidazole rings is 1. The van der Waals surface area contributed by atoms with E-state index in [4.69, 9.17) is 9.84 Å². The molecule has 0 bridgehead atoms. The quantitative estimate of drug-likeness (QED) is 0.647. The minimum Gasteiger partial charge on any atom is -0.412 e. The number of nitrogens with zero attached hydrogens (tertiary/aromatic N) is 2. The summed E-state index contributed by atoms with van der Waals surface area (Å²) in [4.78, 5) is 25.4. The highest BCUT2D eigenvalue weighted by Gasteiger charge is 2.26. The Hall–Kier alpha value is -1.42. The number of nitrogens with one attached hydrogen (secondary N) is 2. The van der Waals surface area contributed by atoms with E-state index in [1.54, 1.807) is 11.8 Å². The van der Waals surface area contributed by atoms with Gasteiger partial charge < -0.3 is 25.3 Å². The van der Waals surface area contributed by atoms with Gasteiger partial charge in [0.15, 0.2) is 11.2 Å². The number of aliphatic hydroxyl groups excluding tert-OH is 1. The molecular formula is C10H14N4O4S. The van der Waals surface area contributed by atoms with Gasteiger partial charge in [-0.1, -0.05) is 0 Å². The molecule has 0 radical (unpaired) electrons. The molecule has 2 aromatic heterocycles. The molecule has 0 saturated carbocycles. The third-order valence-corrected chi connectivity index (χ3v) is 3.90. The number of hydrogen-bond acceptors (Lipinski definition) is 6. The number of aromatic amines is 2. The summed E-state index contributed by atoms with van der Waals surface area (Å²) in [6.07, 6.45) is 0.910. The van der Waals surface area contributed by atoms with Crippen LogP contribution in [0.1, 0.15) is 11.9 Å². The summed E-state index contributed by atoms with van der Waals surface area (Å²) >= 11 is 1.67. The Labute approximate surface area is 111 Å². The molecule has 2 aromatic rings. The van der Waals surface area contributed by atoms with Gasteiger partial charge in [0.2, 0.25) is 0 Å². The lowest BCUT2D eigenvalue weighted by atomic mass is 10.3. The Morgan fingerprint density at radius 2 is 2.37 bits per heavy atom. The largest absolute Gasteiger partial charge is 0.412 e. The van der Waals surface area contributed by atoms with Crippen molar-refractivity contribution in [3.8, 4) is 0 Å². The molecule has 3 heterocycles. The van der Waals surface area contributed by atoms with Gasteiger partial charge in [-0.25, -0.2) is 9.97 Å². The number of hydrogen-bond donors (Lipinski definition) is 3. The van der Waals surface area contributed by atoms with E-state index in [0.29, 0.717) is 22.7 Å². The lowest BCUT2D eigenvalue weighted by Gasteiger charge is -2.27. The molecule has 1 fully saturated rings. The van der Waals surface area contributed by atoms with Crippen molar-refractivity contribution >= 4 is 22.9 Å². The zero-order valence-electron chi connectivity index (χ0n) is 9.92. The second-order valence-electron chi connectivity index (χ2n) is 4.02. The van der Waals surface area contributed by atoms with Crippen LogP contribution in [0.2, 0.25) is 0 Å². The first-order valence-electron chi connectivity index (χ1n) is 5.55. The lowest BCUT2D eigenvalue weighted by Crippen LogP contribution is -2.31. The SMILES string of the molecule is O.O=c1[nH]c(C2CSC[C@@H](CO)O2)nc2nc[nH]c12. The maximum atomic E-state index is 11.8. The number of ether oxygens (including phenoxy) is 1. The Balaban J connectivity index is 0.00000133. The number of H-pyrrole nitrogens is 2. The fraction of sp³-hybridized carbons (Fsp3) is 0.500. The van der Waals surface area contributed by atoms with E-state index in [-0.39, 0.29) is 29.9 Å². The van der Waals surface area contributed by atoms with Crippen LogP contribution in [0.15, 0.2) is 11.1 Å². The Kier molecular flexibility index (Phi) is 4.20. The molecule has 1 aliphatic rings. The zero-order chi connectivity index (χ0) is 12.5. The van der Waals surface area contributed by atoms with Gasteiger partial charge in [-0.3, -0.25) is 4.79 Å². The van der Waals surface area contributed by atoms with Crippen molar-refractivity contribution in [2.75, 3.05) is 18.1 Å². The van der Waals surface area contributed by atoms with Crippen LogP contribution in [-0.2, 0) is 4.74 Å². The molecule has 0 aromatic carbocycles. The average molecular weight is 286 g/mol. The van der Waals surface area contributed by atoms with E-state index in [0.717, 1.165) is 5.75 Å². The summed E-state index contributed by atoms with van der Waals surface area (Å²) in [5.41, 5.74) is 0.488. The van der Waals surface area contributed by atoms with Crippen LogP contribution in [0, 0.1) is 0 Å². The molecule has 1 saturated heterocycles. The summed E-state index contributed by atoms with van der Waals surface area (Å²) in [6, 6.07) is 0. The van der Waals surface area contributed by atoms with E-state index in [1.807, 2.05) is 0 Å². The van der Waals surface area contributed by atoms with Gasteiger partial charge in [-0.05, 0) is 0 Å². The van der Waals surface area contributed by atoms with Gasteiger partial charge in [0, 0.05) is 11.5 Å². The van der Waals surface area contributed by atoms with Crippen LogP contribution >= 0.6 is 11.8 Å². The van der Waals surface area contributed by atoms with Gasteiger partial charge in [-0.2, -0.15) is 11.8 Å². The molecule has 104 valence electrons. The first-order chi connectivity index (χ1) is 8.78.